The van der Waals surface area contributed by atoms with Crippen LogP contribution in [0.25, 0.3) is 0 Å². The highest BCUT2D eigenvalue weighted by molar-refractivity contribution is 5.86. The molecular formula is C16H16O4. The molecular weight excluding hydrogens is 256 g/mol. The van der Waals surface area contributed by atoms with E-state index >= 15 is 0 Å². The van der Waals surface area contributed by atoms with E-state index in [2.05, 4.69) is 16.6 Å². The van der Waals surface area contributed by atoms with Crippen LogP contribution in [-0.2, 0) is 9.53 Å². The Bertz CT molecular complexity index is 601. The Labute approximate surface area is 118 Å². The van der Waals surface area contributed by atoms with Crippen molar-refractivity contribution < 1.29 is 19.4 Å². The minimum atomic E-state index is -0.735. The molecule has 4 nitrogen and oxygen atoms in total. The summed E-state index contributed by atoms with van der Waals surface area (Å²) >= 11 is 0. The van der Waals surface area contributed by atoms with Crippen LogP contribution in [0.4, 0.5) is 0 Å². The van der Waals surface area contributed by atoms with E-state index in [1.165, 1.54) is 20.0 Å². The number of aliphatic hydroxyl groups excluding tert-OH is 1. The van der Waals surface area contributed by atoms with Crippen molar-refractivity contribution in [2.45, 2.75) is 19.8 Å². The first kappa shape index (κ1) is 14.0. The van der Waals surface area contributed by atoms with E-state index in [0.717, 1.165) is 11.1 Å². The van der Waals surface area contributed by atoms with Gasteiger partial charge in [-0.3, -0.25) is 0 Å². The summed E-state index contributed by atoms with van der Waals surface area (Å²) in [6.45, 7) is 1.85. The first-order valence-corrected chi connectivity index (χ1v) is 6.36. The van der Waals surface area contributed by atoms with Gasteiger partial charge in [0.05, 0.1) is 7.11 Å². The molecule has 1 N–H and O–H groups in total. The molecule has 104 valence electrons. The molecule has 0 bridgehead atoms. The average Bonchev–Trinajstić information content (AvgIpc) is 3.28. The van der Waals surface area contributed by atoms with Gasteiger partial charge in [-0.05, 0) is 37.5 Å². The van der Waals surface area contributed by atoms with Crippen LogP contribution in [0.2, 0.25) is 0 Å². The van der Waals surface area contributed by atoms with E-state index in [0.29, 0.717) is 17.9 Å². The van der Waals surface area contributed by atoms with Crippen LogP contribution < -0.4 is 4.74 Å². The molecule has 1 aromatic carbocycles. The van der Waals surface area contributed by atoms with E-state index < -0.39 is 5.97 Å². The molecule has 0 amide bonds. The lowest BCUT2D eigenvalue weighted by atomic mass is 10.1. The van der Waals surface area contributed by atoms with Crippen molar-refractivity contribution >= 4 is 5.97 Å². The van der Waals surface area contributed by atoms with E-state index in [9.17, 15) is 4.79 Å². The summed E-state index contributed by atoms with van der Waals surface area (Å²) in [6, 6.07) is 5.51. The standard InChI is InChI=1S/C16H16O4/c1-11-3-4-13(8-7-12-5-6-12)9-14(11)20-15(10-17)16(18)19-2/h3-4,9-10,12,17H,5-6H2,1-2H3/b15-10-. The number of benzene rings is 1. The van der Waals surface area contributed by atoms with Crippen LogP contribution in [-0.4, -0.2) is 18.2 Å². The van der Waals surface area contributed by atoms with Crippen molar-refractivity contribution in [2.75, 3.05) is 7.11 Å². The third kappa shape index (κ3) is 3.55. The fourth-order valence-electron chi connectivity index (χ4n) is 1.54. The van der Waals surface area contributed by atoms with Crippen LogP contribution in [0.5, 0.6) is 5.75 Å². The highest BCUT2D eigenvalue weighted by Crippen LogP contribution is 2.28. The van der Waals surface area contributed by atoms with Crippen LogP contribution in [0.15, 0.2) is 30.2 Å². The molecule has 0 unspecified atom stereocenters. The lowest BCUT2D eigenvalue weighted by molar-refractivity contribution is -0.138. The number of rotatable bonds is 3. The maximum Gasteiger partial charge on any atom is 0.377 e. The van der Waals surface area contributed by atoms with Crippen molar-refractivity contribution in [3.05, 3.63) is 41.3 Å². The Kier molecular flexibility index (Phi) is 4.31. The van der Waals surface area contributed by atoms with E-state index in [1.54, 1.807) is 6.07 Å². The van der Waals surface area contributed by atoms with Crippen molar-refractivity contribution in [3.63, 3.8) is 0 Å². The third-order valence-corrected chi connectivity index (χ3v) is 2.91. The predicted molar refractivity (Wildman–Crippen MR) is 74.1 cm³/mol. The van der Waals surface area contributed by atoms with Gasteiger partial charge in [0.25, 0.3) is 0 Å². The quantitative estimate of drug-likeness (QED) is 0.398. The summed E-state index contributed by atoms with van der Waals surface area (Å²) in [5, 5.41) is 9.02. The Morgan fingerprint density at radius 2 is 2.20 bits per heavy atom. The van der Waals surface area contributed by atoms with E-state index in [-0.39, 0.29) is 5.76 Å². The summed E-state index contributed by atoms with van der Waals surface area (Å²) in [5.41, 5.74) is 1.66. The smallest absolute Gasteiger partial charge is 0.377 e. The highest BCUT2D eigenvalue weighted by atomic mass is 16.6. The monoisotopic (exact) mass is 272 g/mol. The highest BCUT2D eigenvalue weighted by Gasteiger charge is 2.18. The number of methoxy groups -OCH3 is 1. The molecule has 1 aliphatic carbocycles. The largest absolute Gasteiger partial charge is 0.511 e. The summed E-state index contributed by atoms with van der Waals surface area (Å²) in [5.74, 6) is 6.23. The van der Waals surface area contributed by atoms with Crippen LogP contribution in [0.3, 0.4) is 0 Å². The Morgan fingerprint density at radius 3 is 2.80 bits per heavy atom. The molecule has 0 heterocycles. The number of aryl methyl sites for hydroxylation is 1. The van der Waals surface area contributed by atoms with Gasteiger partial charge in [0.2, 0.25) is 5.76 Å². The molecule has 1 fully saturated rings. The van der Waals surface area contributed by atoms with E-state index in [1.807, 2.05) is 19.1 Å². The maximum absolute atomic E-state index is 11.4. The second-order valence-electron chi connectivity index (χ2n) is 4.61. The summed E-state index contributed by atoms with van der Waals surface area (Å²) in [4.78, 5) is 11.4. The summed E-state index contributed by atoms with van der Waals surface area (Å²) < 4.78 is 9.89. The SMILES string of the molecule is COC(=O)/C(=C/O)Oc1cc(C#CC2CC2)ccc1C. The van der Waals surface area contributed by atoms with Crippen molar-refractivity contribution in [2.24, 2.45) is 5.92 Å². The zero-order valence-electron chi connectivity index (χ0n) is 11.5. The molecule has 0 aliphatic heterocycles. The molecule has 4 heteroatoms. The first-order chi connectivity index (χ1) is 9.63. The Morgan fingerprint density at radius 1 is 1.45 bits per heavy atom. The van der Waals surface area contributed by atoms with Gasteiger partial charge in [0.15, 0.2) is 0 Å². The van der Waals surface area contributed by atoms with Crippen molar-refractivity contribution in [3.8, 4) is 17.6 Å². The number of ether oxygens (including phenoxy) is 2. The van der Waals surface area contributed by atoms with Gasteiger partial charge in [-0.15, -0.1) is 0 Å². The Hall–Kier alpha value is -2.41. The molecule has 0 atom stereocenters. The van der Waals surface area contributed by atoms with Crippen molar-refractivity contribution in [1.29, 1.82) is 0 Å². The van der Waals surface area contributed by atoms with Gasteiger partial charge in [0, 0.05) is 11.5 Å². The molecule has 0 saturated heterocycles. The normalized spacial score (nSPS) is 14.2. The predicted octanol–water partition coefficient (Wildman–Crippen LogP) is 2.71. The fraction of sp³-hybridized carbons (Fsp3) is 0.312. The minimum absolute atomic E-state index is 0.261. The number of esters is 1. The number of hydrogen-bond acceptors (Lipinski definition) is 4. The van der Waals surface area contributed by atoms with Crippen LogP contribution >= 0.6 is 0 Å². The van der Waals surface area contributed by atoms with Gasteiger partial charge in [-0.25, -0.2) is 4.79 Å². The molecule has 20 heavy (non-hydrogen) atoms. The molecule has 1 aliphatic rings. The van der Waals surface area contributed by atoms with Crippen molar-refractivity contribution in [1.82, 2.24) is 0 Å². The van der Waals surface area contributed by atoms with Gasteiger partial charge in [0.1, 0.15) is 12.0 Å². The van der Waals surface area contributed by atoms with Crippen LogP contribution in [0.1, 0.15) is 24.0 Å². The van der Waals surface area contributed by atoms with Gasteiger partial charge in [-0.1, -0.05) is 17.9 Å². The Balaban J connectivity index is 2.20. The fourth-order valence-corrected chi connectivity index (χ4v) is 1.54. The number of carbonyl (C=O) groups excluding carboxylic acids is 1. The van der Waals surface area contributed by atoms with Gasteiger partial charge >= 0.3 is 5.97 Å². The van der Waals surface area contributed by atoms with Gasteiger partial charge < -0.3 is 14.6 Å². The molecule has 0 aromatic heterocycles. The molecule has 0 spiro atoms. The lowest BCUT2D eigenvalue weighted by Crippen LogP contribution is -2.11. The number of carbonyl (C=O) groups is 1. The molecule has 1 saturated carbocycles. The second-order valence-corrected chi connectivity index (χ2v) is 4.61. The van der Waals surface area contributed by atoms with Crippen LogP contribution in [0, 0.1) is 24.7 Å². The lowest BCUT2D eigenvalue weighted by Gasteiger charge is -2.09. The third-order valence-electron chi connectivity index (χ3n) is 2.91. The maximum atomic E-state index is 11.4. The minimum Gasteiger partial charge on any atom is -0.511 e. The second kappa shape index (κ2) is 6.16. The zero-order chi connectivity index (χ0) is 14.5. The molecule has 1 aromatic rings. The molecule has 2 rings (SSSR count). The summed E-state index contributed by atoms with van der Waals surface area (Å²) in [7, 11) is 1.22. The number of aliphatic hydroxyl groups is 1. The summed E-state index contributed by atoms with van der Waals surface area (Å²) in [6.07, 6.45) is 2.93. The van der Waals surface area contributed by atoms with Gasteiger partial charge in [-0.2, -0.15) is 0 Å². The topological polar surface area (TPSA) is 55.8 Å². The number of hydrogen-bond donors (Lipinski definition) is 1. The zero-order valence-corrected chi connectivity index (χ0v) is 11.5. The van der Waals surface area contributed by atoms with E-state index in [4.69, 9.17) is 9.84 Å². The molecule has 0 radical (unpaired) electrons. The average molecular weight is 272 g/mol. The first-order valence-electron chi connectivity index (χ1n) is 6.36.